The Morgan fingerprint density at radius 2 is 1.90 bits per heavy atom. The molecule has 0 saturated heterocycles. The molecule has 0 aliphatic heterocycles. The normalized spacial score (nSPS) is 10.8. The largest absolute Gasteiger partial charge is 0.405 e. The lowest BCUT2D eigenvalue weighted by Crippen LogP contribution is -2.40. The van der Waals surface area contributed by atoms with E-state index < -0.39 is 36.0 Å². The highest BCUT2D eigenvalue weighted by atomic mass is 19.4. The third-order valence-corrected chi connectivity index (χ3v) is 2.21. The van der Waals surface area contributed by atoms with Crippen molar-refractivity contribution in [3.05, 3.63) is 39.9 Å². The molecule has 0 heterocycles. The number of nitro groups is 1. The Kier molecular flexibility index (Phi) is 5.22. The zero-order chi connectivity index (χ0) is 16.0. The SMILES string of the molecule is O=C(CNC(=O)c1cccc([N+](=O)[O-])c1)NCC(F)(F)F. The van der Waals surface area contributed by atoms with Crippen molar-refractivity contribution in [2.75, 3.05) is 13.1 Å². The van der Waals surface area contributed by atoms with E-state index in [-0.39, 0.29) is 11.3 Å². The predicted molar refractivity (Wildman–Crippen MR) is 64.5 cm³/mol. The van der Waals surface area contributed by atoms with E-state index in [0.29, 0.717) is 0 Å². The van der Waals surface area contributed by atoms with E-state index in [9.17, 15) is 32.9 Å². The molecule has 7 nitrogen and oxygen atoms in total. The molecule has 21 heavy (non-hydrogen) atoms. The number of hydrogen-bond donors (Lipinski definition) is 2. The fourth-order valence-electron chi connectivity index (χ4n) is 1.28. The van der Waals surface area contributed by atoms with Gasteiger partial charge in [0.05, 0.1) is 11.5 Å². The number of halogens is 3. The summed E-state index contributed by atoms with van der Waals surface area (Å²) in [5.41, 5.74) is -0.392. The Bertz CT molecular complexity index is 560. The molecular weight excluding hydrogens is 295 g/mol. The van der Waals surface area contributed by atoms with Crippen LogP contribution < -0.4 is 10.6 Å². The van der Waals surface area contributed by atoms with Crippen molar-refractivity contribution in [3.63, 3.8) is 0 Å². The molecule has 1 aromatic rings. The molecular formula is C11H10F3N3O4. The summed E-state index contributed by atoms with van der Waals surface area (Å²) in [6.45, 7) is -2.17. The number of carbonyl (C=O) groups is 2. The van der Waals surface area contributed by atoms with Crippen LogP contribution in [-0.4, -0.2) is 36.0 Å². The molecule has 114 valence electrons. The van der Waals surface area contributed by atoms with Gasteiger partial charge >= 0.3 is 6.18 Å². The summed E-state index contributed by atoms with van der Waals surface area (Å²) in [4.78, 5) is 32.5. The molecule has 1 rings (SSSR count). The van der Waals surface area contributed by atoms with Gasteiger partial charge < -0.3 is 10.6 Å². The lowest BCUT2D eigenvalue weighted by Gasteiger charge is -2.09. The summed E-state index contributed by atoms with van der Waals surface area (Å²) in [6.07, 6.45) is -4.54. The van der Waals surface area contributed by atoms with Crippen molar-refractivity contribution in [1.29, 1.82) is 0 Å². The summed E-state index contributed by atoms with van der Waals surface area (Å²) in [5, 5.41) is 14.2. The number of carbonyl (C=O) groups excluding carboxylic acids is 2. The van der Waals surface area contributed by atoms with E-state index in [1.54, 1.807) is 5.32 Å². The van der Waals surface area contributed by atoms with E-state index in [4.69, 9.17) is 0 Å². The van der Waals surface area contributed by atoms with E-state index in [1.165, 1.54) is 18.2 Å². The first-order valence-corrected chi connectivity index (χ1v) is 5.55. The fraction of sp³-hybridized carbons (Fsp3) is 0.273. The summed E-state index contributed by atoms with van der Waals surface area (Å²) in [5.74, 6) is -1.83. The lowest BCUT2D eigenvalue weighted by molar-refractivity contribution is -0.384. The molecule has 0 unspecified atom stereocenters. The van der Waals surface area contributed by atoms with E-state index in [2.05, 4.69) is 5.32 Å². The maximum Gasteiger partial charge on any atom is 0.405 e. The predicted octanol–water partition coefficient (Wildman–Crippen LogP) is 1.00. The fourth-order valence-corrected chi connectivity index (χ4v) is 1.28. The minimum Gasteiger partial charge on any atom is -0.345 e. The van der Waals surface area contributed by atoms with Crippen molar-refractivity contribution >= 4 is 17.5 Å². The second-order valence-corrected chi connectivity index (χ2v) is 3.88. The average Bonchev–Trinajstić information content (AvgIpc) is 2.41. The molecule has 2 amide bonds. The Labute approximate surface area is 116 Å². The minimum atomic E-state index is -4.54. The van der Waals surface area contributed by atoms with Crippen LogP contribution in [-0.2, 0) is 4.79 Å². The van der Waals surface area contributed by atoms with Gasteiger partial charge in [0.15, 0.2) is 0 Å². The van der Waals surface area contributed by atoms with Crippen LogP contribution in [0.25, 0.3) is 0 Å². The van der Waals surface area contributed by atoms with Crippen LogP contribution in [0.1, 0.15) is 10.4 Å². The summed E-state index contributed by atoms with van der Waals surface area (Å²) >= 11 is 0. The molecule has 1 aromatic carbocycles. The number of benzene rings is 1. The van der Waals surface area contributed by atoms with Gasteiger partial charge in [0.1, 0.15) is 6.54 Å². The molecule has 0 fully saturated rings. The Morgan fingerprint density at radius 3 is 2.48 bits per heavy atom. The molecule has 0 aliphatic carbocycles. The molecule has 0 atom stereocenters. The topological polar surface area (TPSA) is 101 Å². The van der Waals surface area contributed by atoms with E-state index in [1.807, 2.05) is 0 Å². The summed E-state index contributed by atoms with van der Waals surface area (Å²) in [7, 11) is 0. The number of non-ortho nitro benzene ring substituents is 1. The number of rotatable bonds is 5. The highest BCUT2D eigenvalue weighted by Crippen LogP contribution is 2.13. The first-order valence-electron chi connectivity index (χ1n) is 5.55. The Hall–Kier alpha value is -2.65. The number of nitrogens with one attached hydrogen (secondary N) is 2. The lowest BCUT2D eigenvalue weighted by atomic mass is 10.2. The van der Waals surface area contributed by atoms with Gasteiger partial charge in [-0.2, -0.15) is 13.2 Å². The minimum absolute atomic E-state index is 0.0761. The van der Waals surface area contributed by atoms with Gasteiger partial charge in [-0.15, -0.1) is 0 Å². The Balaban J connectivity index is 2.52. The van der Waals surface area contributed by atoms with E-state index in [0.717, 1.165) is 6.07 Å². The maximum absolute atomic E-state index is 11.8. The zero-order valence-corrected chi connectivity index (χ0v) is 10.4. The molecule has 0 aromatic heterocycles. The highest BCUT2D eigenvalue weighted by Gasteiger charge is 2.27. The number of hydrogen-bond acceptors (Lipinski definition) is 4. The zero-order valence-electron chi connectivity index (χ0n) is 10.4. The second kappa shape index (κ2) is 6.68. The standard InChI is InChI=1S/C11H10F3N3O4/c12-11(13,14)6-16-9(18)5-15-10(19)7-2-1-3-8(4-7)17(20)21/h1-4H,5-6H2,(H,15,19)(H,16,18). The van der Waals surface area contributed by atoms with Crippen LogP contribution in [0.4, 0.5) is 18.9 Å². The number of nitrogens with zero attached hydrogens (tertiary/aromatic N) is 1. The summed E-state index contributed by atoms with van der Waals surface area (Å²) < 4.78 is 35.5. The van der Waals surface area contributed by atoms with Crippen molar-refractivity contribution in [3.8, 4) is 0 Å². The monoisotopic (exact) mass is 305 g/mol. The van der Waals surface area contributed by atoms with Gasteiger partial charge in [0.2, 0.25) is 5.91 Å². The van der Waals surface area contributed by atoms with Gasteiger partial charge in [-0.1, -0.05) is 6.07 Å². The van der Waals surface area contributed by atoms with Crippen LogP contribution in [0.2, 0.25) is 0 Å². The third-order valence-electron chi connectivity index (χ3n) is 2.21. The Morgan fingerprint density at radius 1 is 1.24 bits per heavy atom. The molecule has 10 heteroatoms. The molecule has 0 aliphatic rings. The van der Waals surface area contributed by atoms with Crippen LogP contribution in [0.3, 0.4) is 0 Å². The first-order chi connectivity index (χ1) is 9.69. The third kappa shape index (κ3) is 5.89. The van der Waals surface area contributed by atoms with Gasteiger partial charge in [-0.05, 0) is 6.07 Å². The van der Waals surface area contributed by atoms with Crippen LogP contribution in [0.15, 0.2) is 24.3 Å². The molecule has 0 spiro atoms. The average molecular weight is 305 g/mol. The summed E-state index contributed by atoms with van der Waals surface area (Å²) in [6, 6.07) is 4.71. The van der Waals surface area contributed by atoms with Gasteiger partial charge in [0, 0.05) is 17.7 Å². The van der Waals surface area contributed by atoms with Gasteiger partial charge in [-0.3, -0.25) is 19.7 Å². The molecule has 2 N–H and O–H groups in total. The first kappa shape index (κ1) is 16.4. The maximum atomic E-state index is 11.8. The van der Waals surface area contributed by atoms with Crippen LogP contribution >= 0.6 is 0 Å². The second-order valence-electron chi connectivity index (χ2n) is 3.88. The smallest absolute Gasteiger partial charge is 0.345 e. The quantitative estimate of drug-likeness (QED) is 0.626. The highest BCUT2D eigenvalue weighted by molar-refractivity contribution is 5.96. The van der Waals surface area contributed by atoms with E-state index >= 15 is 0 Å². The van der Waals surface area contributed by atoms with Crippen molar-refractivity contribution < 1.29 is 27.7 Å². The number of amides is 2. The molecule has 0 radical (unpaired) electrons. The van der Waals surface area contributed by atoms with Gasteiger partial charge in [-0.25, -0.2) is 0 Å². The number of alkyl halides is 3. The number of nitro benzene ring substituents is 1. The van der Waals surface area contributed by atoms with Crippen molar-refractivity contribution in [2.24, 2.45) is 0 Å². The van der Waals surface area contributed by atoms with Crippen LogP contribution in [0.5, 0.6) is 0 Å². The van der Waals surface area contributed by atoms with Crippen molar-refractivity contribution in [2.45, 2.75) is 6.18 Å². The van der Waals surface area contributed by atoms with Gasteiger partial charge in [0.25, 0.3) is 11.6 Å². The van der Waals surface area contributed by atoms with Crippen LogP contribution in [0, 0.1) is 10.1 Å². The molecule has 0 saturated carbocycles. The molecule has 0 bridgehead atoms. The van der Waals surface area contributed by atoms with Crippen molar-refractivity contribution in [1.82, 2.24) is 10.6 Å².